The van der Waals surface area contributed by atoms with Gasteiger partial charge in [-0.1, -0.05) is 0 Å². The Balaban J connectivity index is 0.00000480. The average molecular weight is 447 g/mol. The normalized spacial score (nSPS) is 10.5. The van der Waals surface area contributed by atoms with Gasteiger partial charge in [0.1, 0.15) is 23.3 Å². The monoisotopic (exact) mass is 447 g/mol. The van der Waals surface area contributed by atoms with Crippen molar-refractivity contribution in [2.24, 2.45) is 0 Å². The third-order valence-corrected chi connectivity index (χ3v) is 3.60. The number of carboxylic acid groups (broad SMARTS) is 1. The average Bonchev–Trinajstić information content (AvgIpc) is 2.66. The quantitative estimate of drug-likeness (QED) is 0.234. The summed E-state index contributed by atoms with van der Waals surface area (Å²) in [7, 11) is 0. The summed E-state index contributed by atoms with van der Waals surface area (Å²) in [4.78, 5) is 20.8. The third kappa shape index (κ3) is 7.72. The van der Waals surface area contributed by atoms with E-state index < -0.39 is 29.2 Å². The molecule has 31 heavy (non-hydrogen) atoms. The molecule has 0 aliphatic carbocycles. The van der Waals surface area contributed by atoms with Gasteiger partial charge in [-0.3, -0.25) is 10.1 Å². The summed E-state index contributed by atoms with van der Waals surface area (Å²) < 4.78 is 48.5. The Morgan fingerprint density at radius 1 is 1.23 bits per heavy atom. The summed E-state index contributed by atoms with van der Waals surface area (Å²) in [5, 5.41) is 33.2. The van der Waals surface area contributed by atoms with Gasteiger partial charge < -0.3 is 24.7 Å². The van der Waals surface area contributed by atoms with Gasteiger partial charge in [0, 0.05) is 18.7 Å². The number of hydrogen-bond donors (Lipinski definition) is 1. The first-order valence-corrected chi connectivity index (χ1v) is 8.21. The number of hydrogen-bond acceptors (Lipinski definition) is 8. The number of rotatable bonds is 9. The van der Waals surface area contributed by atoms with Crippen LogP contribution in [0.2, 0.25) is 0 Å². The van der Waals surface area contributed by atoms with E-state index in [4.69, 9.17) is 14.7 Å². The fraction of sp³-hybridized carbons (Fsp3) is 0.222. The van der Waals surface area contributed by atoms with Crippen LogP contribution in [0.3, 0.4) is 0 Å². The van der Waals surface area contributed by atoms with Gasteiger partial charge in [-0.05, 0) is 24.3 Å². The van der Waals surface area contributed by atoms with E-state index in [1.54, 1.807) is 6.07 Å². The zero-order valence-corrected chi connectivity index (χ0v) is 18.1. The van der Waals surface area contributed by atoms with Crippen LogP contribution in [0.15, 0.2) is 36.4 Å². The smallest absolute Gasteiger partial charge is 0.548 e. The zero-order valence-electron chi connectivity index (χ0n) is 16.1. The molecular formula is C18H13F3N3NaO6. The maximum atomic E-state index is 12.8. The van der Waals surface area contributed by atoms with Crippen molar-refractivity contribution in [3.63, 3.8) is 0 Å². The fourth-order valence-electron chi connectivity index (χ4n) is 2.30. The van der Waals surface area contributed by atoms with Crippen LogP contribution in [-0.4, -0.2) is 30.7 Å². The Hall–Kier alpha value is -2.85. The molecule has 0 atom stereocenters. The molecule has 13 heteroatoms. The number of anilines is 1. The number of nitrogens with one attached hydrogen (secondary N) is 1. The number of carbonyl (C=O) groups excluding carboxylic acids is 1. The number of nitriles is 1. The van der Waals surface area contributed by atoms with E-state index in [0.717, 1.165) is 18.2 Å². The van der Waals surface area contributed by atoms with Gasteiger partial charge >= 0.3 is 35.7 Å². The number of nitro groups is 1. The Morgan fingerprint density at radius 2 is 1.94 bits per heavy atom. The molecule has 2 rings (SSSR count). The van der Waals surface area contributed by atoms with Crippen LogP contribution in [-0.2, 0) is 15.7 Å². The van der Waals surface area contributed by atoms with Gasteiger partial charge in [-0.2, -0.15) is 18.4 Å². The Bertz CT molecular complexity index is 994. The van der Waals surface area contributed by atoms with Crippen molar-refractivity contribution < 1.29 is 67.0 Å². The SMILES string of the molecule is N#Cc1cc(C(F)(F)F)ccc1Oc1ccc([N+](=O)[O-])c(NCCOCC(=O)[O-])c1.[Na+]. The molecule has 0 bridgehead atoms. The van der Waals surface area contributed by atoms with Crippen molar-refractivity contribution in [3.8, 4) is 17.6 Å². The van der Waals surface area contributed by atoms with Crippen molar-refractivity contribution >= 4 is 17.3 Å². The second kappa shape index (κ2) is 11.5. The zero-order chi connectivity index (χ0) is 22.3. The predicted octanol–water partition coefficient (Wildman–Crippen LogP) is -0.540. The van der Waals surface area contributed by atoms with Crippen molar-refractivity contribution in [1.29, 1.82) is 5.26 Å². The first-order chi connectivity index (χ1) is 14.1. The van der Waals surface area contributed by atoms with E-state index in [9.17, 15) is 33.2 Å². The van der Waals surface area contributed by atoms with Crippen LogP contribution in [0, 0.1) is 21.4 Å². The number of halogens is 3. The molecule has 0 spiro atoms. The summed E-state index contributed by atoms with van der Waals surface area (Å²) >= 11 is 0. The topological polar surface area (TPSA) is 138 Å². The summed E-state index contributed by atoms with van der Waals surface area (Å²) in [6, 6.07) is 7.51. The Morgan fingerprint density at radius 3 is 2.52 bits per heavy atom. The number of alkyl halides is 3. The van der Waals surface area contributed by atoms with Gasteiger partial charge in [-0.25, -0.2) is 0 Å². The van der Waals surface area contributed by atoms with Gasteiger partial charge in [0.25, 0.3) is 5.69 Å². The minimum atomic E-state index is -4.63. The fourth-order valence-corrected chi connectivity index (χ4v) is 2.30. The summed E-state index contributed by atoms with van der Waals surface area (Å²) in [6.45, 7) is -0.715. The van der Waals surface area contributed by atoms with E-state index in [1.807, 2.05) is 0 Å². The second-order valence-corrected chi connectivity index (χ2v) is 5.71. The molecule has 158 valence electrons. The number of nitro benzene ring substituents is 1. The third-order valence-electron chi connectivity index (χ3n) is 3.60. The summed E-state index contributed by atoms with van der Waals surface area (Å²) in [5.74, 6) is -1.56. The van der Waals surface area contributed by atoms with Crippen LogP contribution in [0.5, 0.6) is 11.5 Å². The largest absolute Gasteiger partial charge is 1.00 e. The molecule has 9 nitrogen and oxygen atoms in total. The molecule has 0 radical (unpaired) electrons. The molecule has 0 unspecified atom stereocenters. The van der Waals surface area contributed by atoms with Gasteiger partial charge in [0.2, 0.25) is 0 Å². The molecule has 0 saturated carbocycles. The van der Waals surface area contributed by atoms with Gasteiger partial charge in [0.05, 0.1) is 35.2 Å². The number of aliphatic carboxylic acids is 1. The number of nitrogens with zero attached hydrogens (tertiary/aromatic N) is 2. The minimum absolute atomic E-state index is 0. The first-order valence-electron chi connectivity index (χ1n) is 8.21. The van der Waals surface area contributed by atoms with Crippen LogP contribution in [0.4, 0.5) is 24.5 Å². The molecule has 0 amide bonds. The standard InChI is InChI=1S/C18H14F3N3O6.Na/c19-18(20,21)12-1-4-16(11(7-12)9-22)30-13-2-3-15(24(27)28)14(8-13)23-5-6-29-10-17(25)26;/h1-4,7-8,23H,5-6,10H2,(H,25,26);/q;+1/p-1. The molecule has 0 aliphatic heterocycles. The molecule has 0 heterocycles. The Kier molecular flexibility index (Phi) is 9.73. The number of carboxylic acids is 1. The first kappa shape index (κ1) is 26.2. The van der Waals surface area contributed by atoms with Crippen molar-refractivity contribution in [3.05, 3.63) is 57.6 Å². The van der Waals surface area contributed by atoms with Crippen molar-refractivity contribution in [2.75, 3.05) is 25.1 Å². The second-order valence-electron chi connectivity index (χ2n) is 5.71. The number of benzene rings is 2. The molecule has 2 aromatic carbocycles. The molecule has 0 saturated heterocycles. The maximum absolute atomic E-state index is 12.8. The van der Waals surface area contributed by atoms with Crippen LogP contribution in [0.25, 0.3) is 0 Å². The van der Waals surface area contributed by atoms with E-state index in [0.29, 0.717) is 6.07 Å². The van der Waals surface area contributed by atoms with Crippen LogP contribution >= 0.6 is 0 Å². The molecular weight excluding hydrogens is 434 g/mol. The van der Waals surface area contributed by atoms with E-state index in [-0.39, 0.29) is 71.1 Å². The van der Waals surface area contributed by atoms with Crippen molar-refractivity contribution in [2.45, 2.75) is 6.18 Å². The van der Waals surface area contributed by atoms with Gasteiger partial charge in [-0.15, -0.1) is 0 Å². The predicted molar refractivity (Wildman–Crippen MR) is 93.6 cm³/mol. The van der Waals surface area contributed by atoms with E-state index >= 15 is 0 Å². The molecule has 2 aromatic rings. The summed E-state index contributed by atoms with van der Waals surface area (Å²) in [6.07, 6.45) is -4.63. The summed E-state index contributed by atoms with van der Waals surface area (Å²) in [5.41, 5.74) is -1.71. The van der Waals surface area contributed by atoms with E-state index in [1.165, 1.54) is 12.1 Å². The Labute approximate surface area is 195 Å². The van der Waals surface area contributed by atoms with E-state index in [2.05, 4.69) is 5.32 Å². The molecule has 0 fully saturated rings. The molecule has 1 N–H and O–H groups in total. The van der Waals surface area contributed by atoms with Gasteiger partial charge in [0.15, 0.2) is 0 Å². The minimum Gasteiger partial charge on any atom is -0.548 e. The molecule has 0 aliphatic rings. The van der Waals surface area contributed by atoms with Crippen LogP contribution in [0.1, 0.15) is 11.1 Å². The molecule has 0 aromatic heterocycles. The van der Waals surface area contributed by atoms with Crippen molar-refractivity contribution in [1.82, 2.24) is 0 Å². The number of carbonyl (C=O) groups is 1. The maximum Gasteiger partial charge on any atom is 1.00 e. The van der Waals surface area contributed by atoms with Crippen LogP contribution < -0.4 is 44.7 Å². The number of ether oxygens (including phenoxy) is 2.